The van der Waals surface area contributed by atoms with Crippen molar-refractivity contribution >= 4 is 17.7 Å². The molecule has 1 N–H and O–H groups in total. The first-order valence-electron chi connectivity index (χ1n) is 8.00. The fourth-order valence-corrected chi connectivity index (χ4v) is 3.47. The number of fused-ring (bicyclic) bond motifs is 1. The maximum absolute atomic E-state index is 13.1. The Morgan fingerprint density at radius 3 is 2.27 bits per heavy atom. The van der Waals surface area contributed by atoms with Gasteiger partial charge >= 0.3 is 0 Å². The van der Waals surface area contributed by atoms with Gasteiger partial charge < -0.3 is 18.9 Å². The molecule has 140 valence electrons. The monoisotopic (exact) mass is 364 g/mol. The lowest BCUT2D eigenvalue weighted by Crippen LogP contribution is -2.53. The first-order valence-corrected chi connectivity index (χ1v) is 8.00. The van der Waals surface area contributed by atoms with Crippen LogP contribution in [0.25, 0.3) is 0 Å². The summed E-state index contributed by atoms with van der Waals surface area (Å²) in [7, 11) is 5.80. The Morgan fingerprint density at radius 1 is 1.04 bits per heavy atom. The second-order valence-corrected chi connectivity index (χ2v) is 5.87. The van der Waals surface area contributed by atoms with E-state index in [0.717, 1.165) is 0 Å². The van der Waals surface area contributed by atoms with Crippen LogP contribution in [0.3, 0.4) is 0 Å². The van der Waals surface area contributed by atoms with Crippen LogP contribution in [0.4, 0.5) is 0 Å². The van der Waals surface area contributed by atoms with Gasteiger partial charge in [0.2, 0.25) is 17.6 Å². The summed E-state index contributed by atoms with van der Waals surface area (Å²) in [6.07, 6.45) is -0.478. The molecule has 0 radical (unpaired) electrons. The van der Waals surface area contributed by atoms with Crippen molar-refractivity contribution in [1.82, 2.24) is 10.2 Å². The number of ether oxygens (including phenoxy) is 4. The van der Waals surface area contributed by atoms with Gasteiger partial charge in [-0.05, 0) is 12.5 Å². The van der Waals surface area contributed by atoms with Crippen LogP contribution in [-0.4, -0.2) is 57.1 Å². The van der Waals surface area contributed by atoms with E-state index in [1.807, 2.05) is 0 Å². The minimum absolute atomic E-state index is 0.150. The maximum atomic E-state index is 13.1. The summed E-state index contributed by atoms with van der Waals surface area (Å²) in [6.45, 7) is 0. The molecule has 2 atom stereocenters. The minimum Gasteiger partial charge on any atom is -0.493 e. The highest BCUT2D eigenvalue weighted by atomic mass is 16.5. The molecule has 2 aliphatic heterocycles. The first kappa shape index (κ1) is 18.0. The SMILES string of the molecule is COc1cc2c(c(OC)c1OC)C(OC)N(C1CCC(=O)NC1=O)C2=O. The molecule has 1 aromatic carbocycles. The van der Waals surface area contributed by atoms with Crippen molar-refractivity contribution in [2.45, 2.75) is 25.1 Å². The average Bonchev–Trinajstić information content (AvgIpc) is 2.91. The van der Waals surface area contributed by atoms with Gasteiger partial charge in [-0.2, -0.15) is 0 Å². The van der Waals surface area contributed by atoms with E-state index in [0.29, 0.717) is 28.4 Å². The fourth-order valence-electron chi connectivity index (χ4n) is 3.47. The molecule has 2 heterocycles. The number of amides is 3. The van der Waals surface area contributed by atoms with Crippen molar-refractivity contribution in [3.8, 4) is 17.2 Å². The van der Waals surface area contributed by atoms with Crippen molar-refractivity contribution in [1.29, 1.82) is 0 Å². The predicted octanol–water partition coefficient (Wildman–Crippen LogP) is 0.618. The van der Waals surface area contributed by atoms with Gasteiger partial charge in [-0.15, -0.1) is 0 Å². The van der Waals surface area contributed by atoms with E-state index in [1.165, 1.54) is 39.4 Å². The van der Waals surface area contributed by atoms with Crippen molar-refractivity contribution in [3.05, 3.63) is 17.2 Å². The summed E-state index contributed by atoms with van der Waals surface area (Å²) in [4.78, 5) is 38.1. The molecule has 0 aliphatic carbocycles. The topological polar surface area (TPSA) is 103 Å². The quantitative estimate of drug-likeness (QED) is 0.764. The molecule has 0 bridgehead atoms. The molecule has 1 fully saturated rings. The van der Waals surface area contributed by atoms with Crippen LogP contribution in [0.15, 0.2) is 6.07 Å². The molecule has 9 heteroatoms. The Labute approximate surface area is 150 Å². The second kappa shape index (κ2) is 6.83. The number of rotatable bonds is 5. The van der Waals surface area contributed by atoms with Crippen LogP contribution in [0.5, 0.6) is 17.2 Å². The van der Waals surface area contributed by atoms with E-state index < -0.39 is 24.1 Å². The number of carbonyl (C=O) groups excluding carboxylic acids is 3. The van der Waals surface area contributed by atoms with E-state index in [2.05, 4.69) is 5.32 Å². The van der Waals surface area contributed by atoms with E-state index in [-0.39, 0.29) is 18.7 Å². The van der Waals surface area contributed by atoms with Crippen LogP contribution in [-0.2, 0) is 14.3 Å². The third kappa shape index (κ3) is 2.55. The molecule has 2 unspecified atom stereocenters. The maximum Gasteiger partial charge on any atom is 0.257 e. The number of methoxy groups -OCH3 is 4. The number of nitrogens with one attached hydrogen (secondary N) is 1. The van der Waals surface area contributed by atoms with Gasteiger partial charge in [0.25, 0.3) is 5.91 Å². The standard InChI is InChI=1S/C17H20N2O7/c1-23-10-7-8-12(14(25-3)13(10)24-2)17(26-4)19(16(8)22)9-5-6-11(20)18-15(9)21/h7,9,17H,5-6H2,1-4H3,(H,18,20,21). The van der Waals surface area contributed by atoms with Crippen molar-refractivity contribution in [3.63, 3.8) is 0 Å². The van der Waals surface area contributed by atoms with Gasteiger partial charge in [0.05, 0.1) is 32.5 Å². The number of benzene rings is 1. The Balaban J connectivity index is 2.13. The van der Waals surface area contributed by atoms with Crippen molar-refractivity contribution in [2.75, 3.05) is 28.4 Å². The van der Waals surface area contributed by atoms with Crippen molar-refractivity contribution in [2.24, 2.45) is 0 Å². The molecule has 3 rings (SSSR count). The number of piperidine rings is 1. The molecular formula is C17H20N2O7. The Hall–Kier alpha value is -2.81. The summed E-state index contributed by atoms with van der Waals surface area (Å²) in [5, 5.41) is 2.26. The molecule has 0 spiro atoms. The minimum atomic E-state index is -0.851. The number of carbonyl (C=O) groups is 3. The summed E-state index contributed by atoms with van der Waals surface area (Å²) in [5.74, 6) is -0.324. The van der Waals surface area contributed by atoms with Crippen molar-refractivity contribution < 1.29 is 33.3 Å². The number of hydrogen-bond acceptors (Lipinski definition) is 7. The molecule has 26 heavy (non-hydrogen) atoms. The fraction of sp³-hybridized carbons (Fsp3) is 0.471. The third-order valence-corrected chi connectivity index (χ3v) is 4.60. The normalized spacial score (nSPS) is 22.2. The van der Waals surface area contributed by atoms with Gasteiger partial charge in [-0.3, -0.25) is 24.6 Å². The van der Waals surface area contributed by atoms with Gasteiger partial charge in [0.15, 0.2) is 17.7 Å². The second-order valence-electron chi connectivity index (χ2n) is 5.87. The summed E-state index contributed by atoms with van der Waals surface area (Å²) >= 11 is 0. The van der Waals surface area contributed by atoms with Crippen LogP contribution in [0.1, 0.15) is 35.0 Å². The zero-order chi connectivity index (χ0) is 19.0. The highest BCUT2D eigenvalue weighted by molar-refractivity contribution is 6.06. The molecule has 2 aliphatic rings. The summed E-state index contributed by atoms with van der Waals surface area (Å²) < 4.78 is 21.7. The molecule has 9 nitrogen and oxygen atoms in total. The number of imide groups is 1. The van der Waals surface area contributed by atoms with E-state index in [1.54, 1.807) is 0 Å². The van der Waals surface area contributed by atoms with E-state index in [9.17, 15) is 14.4 Å². The molecule has 0 saturated carbocycles. The molecule has 1 aromatic rings. The Bertz CT molecular complexity index is 777. The van der Waals surface area contributed by atoms with Crippen LogP contribution in [0.2, 0.25) is 0 Å². The predicted molar refractivity (Wildman–Crippen MR) is 88.2 cm³/mol. The third-order valence-electron chi connectivity index (χ3n) is 4.60. The Morgan fingerprint density at radius 2 is 1.73 bits per heavy atom. The molecule has 3 amide bonds. The lowest BCUT2D eigenvalue weighted by Gasteiger charge is -2.33. The lowest BCUT2D eigenvalue weighted by atomic mass is 10.0. The summed E-state index contributed by atoms with van der Waals surface area (Å²) in [5.41, 5.74) is 0.762. The number of nitrogens with zero attached hydrogens (tertiary/aromatic N) is 1. The van der Waals surface area contributed by atoms with Gasteiger partial charge in [-0.25, -0.2) is 0 Å². The average molecular weight is 364 g/mol. The highest BCUT2D eigenvalue weighted by Gasteiger charge is 2.48. The molecule has 1 saturated heterocycles. The van der Waals surface area contributed by atoms with Gasteiger partial charge in [-0.1, -0.05) is 0 Å². The van der Waals surface area contributed by atoms with Gasteiger partial charge in [0, 0.05) is 13.5 Å². The first-order chi connectivity index (χ1) is 12.5. The zero-order valence-electron chi connectivity index (χ0n) is 15.0. The molecule has 0 aromatic heterocycles. The smallest absolute Gasteiger partial charge is 0.257 e. The highest BCUT2D eigenvalue weighted by Crippen LogP contribution is 2.50. The summed E-state index contributed by atoms with van der Waals surface area (Å²) in [6, 6.07) is 0.718. The number of hydrogen-bond donors (Lipinski definition) is 1. The van der Waals surface area contributed by atoms with Crippen LogP contribution >= 0.6 is 0 Å². The van der Waals surface area contributed by atoms with Crippen LogP contribution < -0.4 is 19.5 Å². The van der Waals surface area contributed by atoms with Gasteiger partial charge in [0.1, 0.15) is 6.04 Å². The lowest BCUT2D eigenvalue weighted by molar-refractivity contribution is -0.140. The van der Waals surface area contributed by atoms with Crippen LogP contribution in [0, 0.1) is 0 Å². The zero-order valence-corrected chi connectivity index (χ0v) is 15.0. The molecular weight excluding hydrogens is 344 g/mol. The largest absolute Gasteiger partial charge is 0.493 e. The Kier molecular flexibility index (Phi) is 4.73. The van der Waals surface area contributed by atoms with E-state index >= 15 is 0 Å². The van der Waals surface area contributed by atoms with E-state index in [4.69, 9.17) is 18.9 Å².